The molecule has 37 heavy (non-hydrogen) atoms. The van der Waals surface area contributed by atoms with Crippen LogP contribution < -0.4 is 16.6 Å². The number of nitrogens with zero attached hydrogens (tertiary/aromatic N) is 3. The Morgan fingerprint density at radius 1 is 0.838 bits per heavy atom. The van der Waals surface area contributed by atoms with E-state index in [1.165, 1.54) is 23.7 Å². The van der Waals surface area contributed by atoms with Gasteiger partial charge in [0, 0.05) is 14.1 Å². The van der Waals surface area contributed by atoms with Gasteiger partial charge in [-0.05, 0) is 60.4 Å². The zero-order chi connectivity index (χ0) is 26.2. The van der Waals surface area contributed by atoms with Gasteiger partial charge in [0.15, 0.2) is 11.5 Å². The second-order valence-electron chi connectivity index (χ2n) is 9.64. The zero-order valence-corrected chi connectivity index (χ0v) is 20.9. The maximum atomic E-state index is 13.7. The van der Waals surface area contributed by atoms with E-state index in [0.717, 1.165) is 32.6 Å². The number of aryl methyl sites for hydroxylation is 3. The van der Waals surface area contributed by atoms with E-state index in [-0.39, 0.29) is 17.1 Å². The van der Waals surface area contributed by atoms with Gasteiger partial charge in [0.2, 0.25) is 0 Å². The molecule has 3 heterocycles. The normalized spacial score (nSPS) is 14.3. The predicted octanol–water partition coefficient (Wildman–Crippen LogP) is 4.24. The van der Waals surface area contributed by atoms with Crippen molar-refractivity contribution in [2.24, 2.45) is 14.1 Å². The van der Waals surface area contributed by atoms with E-state index in [1.54, 1.807) is 13.1 Å². The van der Waals surface area contributed by atoms with E-state index in [9.17, 15) is 19.8 Å². The molecule has 0 bridgehead atoms. The first-order valence-electron chi connectivity index (χ1n) is 12.0. The standard InChI is InChI=1S/C29H26N4O4/c1-15-12-19-20(13-16(15)2)33-25(17-8-6-5-7-9-17)23-26(31(3)29(37)32(4)28(23)36)27(33)24(30-19)18-10-11-21(34)22(35)14-18/h5-14,24,30,34-35H,1-4H3/t24-/m0/s1. The van der Waals surface area contributed by atoms with Crippen LogP contribution in [0.1, 0.15) is 28.4 Å². The minimum Gasteiger partial charge on any atom is -0.504 e. The van der Waals surface area contributed by atoms with Crippen LogP contribution in [0, 0.1) is 13.8 Å². The molecule has 0 amide bonds. The Balaban J connectivity index is 1.87. The molecule has 0 fully saturated rings. The fraction of sp³-hybridized carbons (Fsp3) is 0.172. The molecule has 8 heteroatoms. The molecule has 1 atom stereocenters. The lowest BCUT2D eigenvalue weighted by molar-refractivity contribution is 0.403. The fourth-order valence-corrected chi connectivity index (χ4v) is 5.37. The lowest BCUT2D eigenvalue weighted by Crippen LogP contribution is -2.37. The average molecular weight is 495 g/mol. The monoisotopic (exact) mass is 494 g/mol. The first-order chi connectivity index (χ1) is 17.7. The molecule has 0 aliphatic carbocycles. The third-order valence-electron chi connectivity index (χ3n) is 7.41. The highest BCUT2D eigenvalue weighted by Gasteiger charge is 2.35. The van der Waals surface area contributed by atoms with Crippen molar-refractivity contribution in [3.05, 3.63) is 104 Å². The number of rotatable bonds is 2. The van der Waals surface area contributed by atoms with Crippen LogP contribution in [0.4, 0.5) is 5.69 Å². The number of phenols is 2. The van der Waals surface area contributed by atoms with Crippen LogP contribution >= 0.6 is 0 Å². The van der Waals surface area contributed by atoms with Crippen LogP contribution in [0.2, 0.25) is 0 Å². The summed E-state index contributed by atoms with van der Waals surface area (Å²) in [4.78, 5) is 26.9. The minimum atomic E-state index is -0.529. The topological polar surface area (TPSA) is 101 Å². The van der Waals surface area contributed by atoms with Gasteiger partial charge in [0.1, 0.15) is 0 Å². The molecule has 2 aromatic heterocycles. The Morgan fingerprint density at radius 3 is 2.24 bits per heavy atom. The van der Waals surface area contributed by atoms with Crippen LogP contribution in [0.25, 0.3) is 27.8 Å². The number of anilines is 1. The molecule has 0 spiro atoms. The summed E-state index contributed by atoms with van der Waals surface area (Å²) in [7, 11) is 3.16. The number of aromatic nitrogens is 3. The van der Waals surface area contributed by atoms with Crippen molar-refractivity contribution in [1.29, 1.82) is 0 Å². The van der Waals surface area contributed by atoms with Gasteiger partial charge in [-0.15, -0.1) is 0 Å². The summed E-state index contributed by atoms with van der Waals surface area (Å²) in [6, 6.07) is 18.0. The molecule has 8 nitrogen and oxygen atoms in total. The van der Waals surface area contributed by atoms with Gasteiger partial charge in [-0.1, -0.05) is 36.4 Å². The minimum absolute atomic E-state index is 0.224. The Morgan fingerprint density at radius 2 is 1.54 bits per heavy atom. The van der Waals surface area contributed by atoms with Gasteiger partial charge in [0.05, 0.1) is 39.7 Å². The van der Waals surface area contributed by atoms with E-state index in [1.807, 2.05) is 44.2 Å². The summed E-state index contributed by atoms with van der Waals surface area (Å²) in [6.07, 6.45) is 0. The second-order valence-corrected chi connectivity index (χ2v) is 9.64. The van der Waals surface area contributed by atoms with E-state index in [2.05, 4.69) is 22.0 Å². The third-order valence-corrected chi connectivity index (χ3v) is 7.41. The molecule has 0 radical (unpaired) electrons. The first-order valence-corrected chi connectivity index (χ1v) is 12.0. The van der Waals surface area contributed by atoms with E-state index >= 15 is 0 Å². The zero-order valence-electron chi connectivity index (χ0n) is 20.9. The molecule has 0 saturated carbocycles. The highest BCUT2D eigenvalue weighted by atomic mass is 16.3. The molecule has 1 aliphatic heterocycles. The highest BCUT2D eigenvalue weighted by Crippen LogP contribution is 2.46. The van der Waals surface area contributed by atoms with E-state index in [4.69, 9.17) is 0 Å². The number of hydrogen-bond acceptors (Lipinski definition) is 5. The molecular formula is C29H26N4O4. The maximum absolute atomic E-state index is 13.7. The summed E-state index contributed by atoms with van der Waals surface area (Å²) in [5.74, 6) is -0.474. The van der Waals surface area contributed by atoms with Crippen molar-refractivity contribution < 1.29 is 10.2 Å². The van der Waals surface area contributed by atoms with Crippen molar-refractivity contribution in [3.63, 3.8) is 0 Å². The molecule has 5 aromatic rings. The van der Waals surface area contributed by atoms with Gasteiger partial charge in [-0.2, -0.15) is 0 Å². The Kier molecular flexibility index (Phi) is 4.85. The van der Waals surface area contributed by atoms with Gasteiger partial charge in [-0.3, -0.25) is 13.9 Å². The van der Waals surface area contributed by atoms with Crippen molar-refractivity contribution in [3.8, 4) is 28.4 Å². The summed E-state index contributed by atoms with van der Waals surface area (Å²) >= 11 is 0. The molecule has 3 N–H and O–H groups in total. The average Bonchev–Trinajstić information content (AvgIpc) is 3.25. The molecule has 6 rings (SSSR count). The van der Waals surface area contributed by atoms with Crippen LogP contribution in [0.15, 0.2) is 70.3 Å². The summed E-state index contributed by atoms with van der Waals surface area (Å²) in [5.41, 5.74) is 6.53. The lowest BCUT2D eigenvalue weighted by atomic mass is 9.97. The fourth-order valence-electron chi connectivity index (χ4n) is 5.37. The lowest BCUT2D eigenvalue weighted by Gasteiger charge is -2.32. The van der Waals surface area contributed by atoms with Crippen molar-refractivity contribution in [2.45, 2.75) is 19.9 Å². The number of benzene rings is 3. The predicted molar refractivity (Wildman–Crippen MR) is 144 cm³/mol. The quantitative estimate of drug-likeness (QED) is 0.319. The number of phenolic OH excluding ortho intramolecular Hbond substituents is 2. The van der Waals surface area contributed by atoms with Crippen LogP contribution in [0.3, 0.4) is 0 Å². The van der Waals surface area contributed by atoms with E-state index in [0.29, 0.717) is 27.9 Å². The van der Waals surface area contributed by atoms with Crippen molar-refractivity contribution in [1.82, 2.24) is 13.7 Å². The highest BCUT2D eigenvalue weighted by molar-refractivity contribution is 5.99. The Bertz CT molecular complexity index is 1860. The molecule has 186 valence electrons. The van der Waals surface area contributed by atoms with Crippen LogP contribution in [-0.2, 0) is 14.1 Å². The molecule has 3 aromatic carbocycles. The number of fused-ring (bicyclic) bond motifs is 5. The molecule has 0 saturated heterocycles. The molecular weight excluding hydrogens is 468 g/mol. The Labute approximate surface area is 212 Å². The van der Waals surface area contributed by atoms with Gasteiger partial charge in [-0.25, -0.2) is 4.79 Å². The largest absolute Gasteiger partial charge is 0.504 e. The third kappa shape index (κ3) is 3.15. The Hall–Kier alpha value is -4.72. The SMILES string of the molecule is Cc1cc2c(cc1C)-n1c(-c3ccccc3)c3c(=O)n(C)c(=O)n(C)c3c1[C@H](c1ccc(O)c(O)c1)N2. The maximum Gasteiger partial charge on any atom is 0.331 e. The van der Waals surface area contributed by atoms with Crippen molar-refractivity contribution >= 4 is 16.6 Å². The van der Waals surface area contributed by atoms with Crippen molar-refractivity contribution in [2.75, 3.05) is 5.32 Å². The molecule has 1 aliphatic rings. The van der Waals surface area contributed by atoms with Crippen LogP contribution in [0.5, 0.6) is 11.5 Å². The summed E-state index contributed by atoms with van der Waals surface area (Å²) in [5, 5.41) is 24.3. The first kappa shape index (κ1) is 22.7. The van der Waals surface area contributed by atoms with E-state index < -0.39 is 11.7 Å². The van der Waals surface area contributed by atoms with Crippen LogP contribution in [-0.4, -0.2) is 23.9 Å². The second kappa shape index (κ2) is 7.89. The van der Waals surface area contributed by atoms with Gasteiger partial charge < -0.3 is 20.1 Å². The van der Waals surface area contributed by atoms with Gasteiger partial charge in [0.25, 0.3) is 5.56 Å². The summed E-state index contributed by atoms with van der Waals surface area (Å²) in [6.45, 7) is 4.08. The number of nitrogens with one attached hydrogen (secondary N) is 1. The number of aromatic hydroxyl groups is 2. The number of hydrogen-bond donors (Lipinski definition) is 3. The smallest absolute Gasteiger partial charge is 0.331 e. The molecule has 0 unspecified atom stereocenters. The summed E-state index contributed by atoms with van der Waals surface area (Å²) < 4.78 is 4.71. The van der Waals surface area contributed by atoms with Gasteiger partial charge >= 0.3 is 5.69 Å².